The van der Waals surface area contributed by atoms with E-state index in [2.05, 4.69) is 20.8 Å². The molecule has 28 heavy (non-hydrogen) atoms. The van der Waals surface area contributed by atoms with Crippen molar-refractivity contribution in [3.63, 3.8) is 0 Å². The monoisotopic (exact) mass is 436 g/mol. The van der Waals surface area contributed by atoms with Gasteiger partial charge in [0.15, 0.2) is 0 Å². The SMILES string of the molecule is S=C([N-]/N=C(\c1ccccc1)c1ccccn1)Nc1ccccc1.[Cu+2].[N-]=[N+]=[N-]. The molecule has 0 spiro atoms. The Morgan fingerprint density at radius 2 is 1.50 bits per heavy atom. The summed E-state index contributed by atoms with van der Waals surface area (Å²) >= 11 is 5.25. The van der Waals surface area contributed by atoms with E-state index >= 15 is 0 Å². The molecule has 3 rings (SSSR count). The van der Waals surface area contributed by atoms with E-state index in [1.807, 2.05) is 78.9 Å². The summed E-state index contributed by atoms with van der Waals surface area (Å²) in [7, 11) is 0. The van der Waals surface area contributed by atoms with E-state index in [-0.39, 0.29) is 17.1 Å². The minimum absolute atomic E-state index is 0. The molecule has 0 bridgehead atoms. The van der Waals surface area contributed by atoms with E-state index in [1.165, 1.54) is 4.91 Å². The van der Waals surface area contributed by atoms with Gasteiger partial charge in [0.25, 0.3) is 0 Å². The summed E-state index contributed by atoms with van der Waals surface area (Å²) in [5.41, 5.74) is 20.9. The summed E-state index contributed by atoms with van der Waals surface area (Å²) in [6, 6.07) is 25.1. The fourth-order valence-electron chi connectivity index (χ4n) is 2.12. The molecule has 0 saturated carbocycles. The number of hydrogen-bond donors (Lipinski definition) is 1. The van der Waals surface area contributed by atoms with Crippen LogP contribution in [0, 0.1) is 0 Å². The van der Waals surface area contributed by atoms with Crippen molar-refractivity contribution in [2.24, 2.45) is 5.10 Å². The Bertz CT molecular complexity index is 871. The van der Waals surface area contributed by atoms with Crippen molar-refractivity contribution in [1.82, 2.24) is 4.98 Å². The third-order valence-electron chi connectivity index (χ3n) is 3.22. The number of para-hydroxylation sites is 1. The van der Waals surface area contributed by atoms with Gasteiger partial charge in [0.05, 0.1) is 11.4 Å². The number of benzene rings is 2. The summed E-state index contributed by atoms with van der Waals surface area (Å²) in [6.07, 6.45) is 1.73. The summed E-state index contributed by atoms with van der Waals surface area (Å²) < 4.78 is 0. The van der Waals surface area contributed by atoms with Crippen LogP contribution in [0.15, 0.2) is 90.2 Å². The zero-order valence-electron chi connectivity index (χ0n) is 14.5. The quantitative estimate of drug-likeness (QED) is 0.111. The average molecular weight is 437 g/mol. The Kier molecular flexibility index (Phi) is 10.6. The van der Waals surface area contributed by atoms with Crippen LogP contribution in [0.3, 0.4) is 0 Å². The van der Waals surface area contributed by atoms with E-state index in [0.29, 0.717) is 10.8 Å². The maximum atomic E-state index is 6.75. The standard InChI is InChI=1S/C19H16N4S.Cu.N3/c24-19(21-16-11-5-2-6-12-16)23-22-18(15-9-3-1-4-10-15)17-13-7-8-14-20-17;;1-3-2/h1-14H,(H2,20,21,23,24);;/q;+2;-1/p-1. The minimum Gasteiger partial charge on any atom is -0.447 e. The zero-order chi connectivity index (χ0) is 19.3. The molecule has 9 heteroatoms. The van der Waals surface area contributed by atoms with Gasteiger partial charge in [-0.1, -0.05) is 78.9 Å². The predicted molar refractivity (Wildman–Crippen MR) is 112 cm³/mol. The van der Waals surface area contributed by atoms with Crippen molar-refractivity contribution < 1.29 is 17.1 Å². The molecule has 0 amide bonds. The van der Waals surface area contributed by atoms with Gasteiger partial charge in [0.2, 0.25) is 0 Å². The normalized spacial score (nSPS) is 9.64. The third-order valence-corrected chi connectivity index (χ3v) is 3.40. The van der Waals surface area contributed by atoms with Crippen molar-refractivity contribution >= 4 is 28.7 Å². The molecule has 7 nitrogen and oxygen atoms in total. The summed E-state index contributed by atoms with van der Waals surface area (Å²) in [5.74, 6) is 0. The van der Waals surface area contributed by atoms with Crippen LogP contribution in [0.5, 0.6) is 0 Å². The number of hydrogen-bond acceptors (Lipinski definition) is 3. The van der Waals surface area contributed by atoms with Crippen LogP contribution in [-0.2, 0) is 17.1 Å². The van der Waals surface area contributed by atoms with E-state index in [0.717, 1.165) is 16.9 Å². The van der Waals surface area contributed by atoms with Crippen LogP contribution in [0.4, 0.5) is 5.69 Å². The van der Waals surface area contributed by atoms with Gasteiger partial charge in [0.1, 0.15) is 0 Å². The molecule has 1 radical (unpaired) electrons. The largest absolute Gasteiger partial charge is 2.00 e. The number of nitrogens with zero attached hydrogens (tertiary/aromatic N) is 6. The first-order valence-electron chi connectivity index (χ1n) is 7.84. The molecular weight excluding hydrogens is 422 g/mol. The molecule has 0 atom stereocenters. The van der Waals surface area contributed by atoms with Crippen molar-refractivity contribution in [2.75, 3.05) is 5.32 Å². The fraction of sp³-hybridized carbons (Fsp3) is 0. The van der Waals surface area contributed by atoms with Crippen molar-refractivity contribution in [2.45, 2.75) is 0 Å². The van der Waals surface area contributed by atoms with Crippen LogP contribution in [0.2, 0.25) is 0 Å². The third kappa shape index (κ3) is 7.57. The Labute approximate surface area is 178 Å². The van der Waals surface area contributed by atoms with Crippen molar-refractivity contribution in [3.05, 3.63) is 118 Å². The molecule has 0 saturated heterocycles. The van der Waals surface area contributed by atoms with Crippen LogP contribution in [-0.4, -0.2) is 15.8 Å². The zero-order valence-corrected chi connectivity index (χ0v) is 16.2. The van der Waals surface area contributed by atoms with Crippen LogP contribution in [0.1, 0.15) is 11.3 Å². The van der Waals surface area contributed by atoms with Gasteiger partial charge in [-0.15, -0.1) is 0 Å². The number of nitrogens with one attached hydrogen (secondary N) is 1. The average Bonchev–Trinajstić information content (AvgIpc) is 2.71. The van der Waals surface area contributed by atoms with Gasteiger partial charge < -0.3 is 21.8 Å². The van der Waals surface area contributed by atoms with E-state index in [4.69, 9.17) is 23.3 Å². The molecular formula is C19H15CuN7S. The first-order valence-corrected chi connectivity index (χ1v) is 8.25. The fourth-order valence-corrected chi connectivity index (χ4v) is 2.28. The van der Waals surface area contributed by atoms with Gasteiger partial charge in [-0.05, 0) is 17.8 Å². The molecule has 1 aromatic heterocycles. The number of anilines is 1. The minimum atomic E-state index is 0. The molecule has 0 aliphatic carbocycles. The number of rotatable bonds is 4. The Morgan fingerprint density at radius 3 is 2.07 bits per heavy atom. The maximum Gasteiger partial charge on any atom is 2.00 e. The van der Waals surface area contributed by atoms with Gasteiger partial charge in [-0.3, -0.25) is 15.0 Å². The number of thiocarbonyl (C=S) groups is 1. The summed E-state index contributed by atoms with van der Waals surface area (Å²) in [5, 5.41) is 7.67. The number of aromatic nitrogens is 1. The van der Waals surface area contributed by atoms with E-state index in [9.17, 15) is 0 Å². The predicted octanol–water partition coefficient (Wildman–Crippen LogP) is 5.47. The Balaban J connectivity index is 0.000000921. The topological polar surface area (TPSA) is 110 Å². The molecule has 1 N–H and O–H groups in total. The Morgan fingerprint density at radius 1 is 0.929 bits per heavy atom. The molecule has 0 unspecified atom stereocenters. The molecule has 0 aliphatic rings. The first kappa shape index (κ1) is 22.8. The van der Waals surface area contributed by atoms with Crippen molar-refractivity contribution in [3.8, 4) is 0 Å². The van der Waals surface area contributed by atoms with Crippen LogP contribution in [0.25, 0.3) is 21.4 Å². The van der Waals surface area contributed by atoms with Gasteiger partial charge in [-0.2, -0.15) is 0 Å². The second-order valence-electron chi connectivity index (χ2n) is 5.02. The Hall–Kier alpha value is -3.22. The van der Waals surface area contributed by atoms with E-state index in [1.54, 1.807) is 6.20 Å². The van der Waals surface area contributed by atoms with Gasteiger partial charge in [0, 0.05) is 16.9 Å². The molecule has 3 aromatic rings. The second-order valence-corrected chi connectivity index (χ2v) is 5.40. The second kappa shape index (κ2) is 13.0. The van der Waals surface area contributed by atoms with Crippen LogP contribution >= 0.6 is 12.2 Å². The summed E-state index contributed by atoms with van der Waals surface area (Å²) in [4.78, 5) is 5.86. The molecule has 0 fully saturated rings. The molecule has 0 aliphatic heterocycles. The summed E-state index contributed by atoms with van der Waals surface area (Å²) in [6.45, 7) is 0. The first-order chi connectivity index (χ1) is 13.2. The molecule has 1 heterocycles. The molecule has 143 valence electrons. The number of pyridine rings is 1. The van der Waals surface area contributed by atoms with Crippen molar-refractivity contribution in [1.29, 1.82) is 0 Å². The molecule has 2 aromatic carbocycles. The van der Waals surface area contributed by atoms with Gasteiger partial charge >= 0.3 is 17.1 Å². The van der Waals surface area contributed by atoms with E-state index < -0.39 is 0 Å². The smallest absolute Gasteiger partial charge is 0.447 e. The van der Waals surface area contributed by atoms with Gasteiger partial charge in [-0.25, -0.2) is 0 Å². The maximum absolute atomic E-state index is 6.75. The van der Waals surface area contributed by atoms with Crippen LogP contribution < -0.4 is 5.32 Å².